The lowest BCUT2D eigenvalue weighted by atomic mass is 9.78. The molecule has 3 fully saturated rings. The molecule has 1 aromatic rings. The number of fused-ring (bicyclic) bond motifs is 1. The van der Waals surface area contributed by atoms with Crippen LogP contribution in [0.4, 0.5) is 0 Å². The fourth-order valence-corrected chi connectivity index (χ4v) is 5.39. The molecule has 1 aliphatic carbocycles. The van der Waals surface area contributed by atoms with Crippen molar-refractivity contribution < 1.29 is 29.4 Å². The summed E-state index contributed by atoms with van der Waals surface area (Å²) in [5.74, 6) is -5.91. The van der Waals surface area contributed by atoms with Crippen LogP contribution in [0.3, 0.4) is 0 Å². The largest absolute Gasteiger partial charge is 0.481 e. The Kier molecular flexibility index (Phi) is 5.66. The molecule has 3 N–H and O–H groups in total. The Bertz CT molecular complexity index is 923. The van der Waals surface area contributed by atoms with E-state index in [1.165, 1.54) is 4.90 Å². The first-order valence-electron chi connectivity index (χ1n) is 10.7. The van der Waals surface area contributed by atoms with Gasteiger partial charge in [-0.1, -0.05) is 61.7 Å². The van der Waals surface area contributed by atoms with Crippen molar-refractivity contribution in [3.8, 4) is 0 Å². The number of hydrogen-bond donors (Lipinski definition) is 3. The van der Waals surface area contributed by atoms with Crippen LogP contribution in [0.5, 0.6) is 0 Å². The Balaban J connectivity index is 1.73. The summed E-state index contributed by atoms with van der Waals surface area (Å²) in [5.41, 5.74) is -1.17. The summed E-state index contributed by atoms with van der Waals surface area (Å²) in [4.78, 5) is 52.0. The number of amides is 2. The van der Waals surface area contributed by atoms with Crippen molar-refractivity contribution in [3.63, 3.8) is 0 Å². The highest BCUT2D eigenvalue weighted by atomic mass is 16.4. The predicted molar refractivity (Wildman–Crippen MR) is 111 cm³/mol. The van der Waals surface area contributed by atoms with Crippen LogP contribution in [0, 0.1) is 11.8 Å². The molecule has 31 heavy (non-hydrogen) atoms. The van der Waals surface area contributed by atoms with Crippen molar-refractivity contribution in [1.29, 1.82) is 0 Å². The molecule has 164 valence electrons. The zero-order valence-electron chi connectivity index (χ0n) is 17.1. The molecule has 4 rings (SSSR count). The minimum atomic E-state index is -2.03. The standard InChI is InChI=1S/C23H26N2O6/c26-17(27)13-23(22(30)31)19-18(16(24-23)12-11-14-7-3-1-4-8-14)20(28)25(21(19)29)15-9-5-2-6-10-15/h1,3-4,7-8,11-12,15-16,18-19,24H,2,5-6,9-10,13H2,(H,26,27)(H,30,31)/b12-11+. The van der Waals surface area contributed by atoms with E-state index in [1.807, 2.05) is 30.3 Å². The highest BCUT2D eigenvalue weighted by molar-refractivity contribution is 6.10. The van der Waals surface area contributed by atoms with Gasteiger partial charge in [0.15, 0.2) is 0 Å². The third-order valence-corrected chi connectivity index (χ3v) is 6.77. The molecule has 0 aromatic heterocycles. The van der Waals surface area contributed by atoms with E-state index in [9.17, 15) is 29.4 Å². The summed E-state index contributed by atoms with van der Waals surface area (Å²) in [7, 11) is 0. The molecule has 1 aromatic carbocycles. The smallest absolute Gasteiger partial charge is 0.325 e. The molecule has 1 saturated carbocycles. The number of carbonyl (C=O) groups excluding carboxylic acids is 2. The minimum Gasteiger partial charge on any atom is -0.481 e. The van der Waals surface area contributed by atoms with Crippen molar-refractivity contribution in [3.05, 3.63) is 42.0 Å². The molecule has 0 bridgehead atoms. The zero-order valence-corrected chi connectivity index (χ0v) is 17.1. The quantitative estimate of drug-likeness (QED) is 0.594. The van der Waals surface area contributed by atoms with Crippen LogP contribution >= 0.6 is 0 Å². The van der Waals surface area contributed by atoms with Crippen LogP contribution in [-0.4, -0.2) is 56.5 Å². The Morgan fingerprint density at radius 2 is 1.74 bits per heavy atom. The van der Waals surface area contributed by atoms with Crippen molar-refractivity contribution in [1.82, 2.24) is 10.2 Å². The maximum Gasteiger partial charge on any atom is 0.325 e. The van der Waals surface area contributed by atoms with E-state index in [0.717, 1.165) is 24.8 Å². The third-order valence-electron chi connectivity index (χ3n) is 6.77. The van der Waals surface area contributed by atoms with Gasteiger partial charge in [0.1, 0.15) is 5.54 Å². The highest BCUT2D eigenvalue weighted by Gasteiger charge is 2.69. The monoisotopic (exact) mass is 426 g/mol. The molecule has 8 nitrogen and oxygen atoms in total. The minimum absolute atomic E-state index is 0.241. The van der Waals surface area contributed by atoms with Gasteiger partial charge in [0, 0.05) is 12.1 Å². The molecule has 2 amide bonds. The molecule has 0 spiro atoms. The van der Waals surface area contributed by atoms with Gasteiger partial charge in [-0.15, -0.1) is 0 Å². The lowest BCUT2D eigenvalue weighted by molar-refractivity contribution is -0.156. The van der Waals surface area contributed by atoms with Gasteiger partial charge in [-0.3, -0.25) is 29.4 Å². The first-order valence-corrected chi connectivity index (χ1v) is 10.7. The van der Waals surface area contributed by atoms with E-state index in [-0.39, 0.29) is 6.04 Å². The number of nitrogens with zero attached hydrogens (tertiary/aromatic N) is 1. The summed E-state index contributed by atoms with van der Waals surface area (Å²) in [5, 5.41) is 22.3. The van der Waals surface area contributed by atoms with E-state index >= 15 is 0 Å². The molecule has 2 saturated heterocycles. The summed E-state index contributed by atoms with van der Waals surface area (Å²) < 4.78 is 0. The Morgan fingerprint density at radius 1 is 1.06 bits per heavy atom. The van der Waals surface area contributed by atoms with Crippen molar-refractivity contribution in [2.45, 2.75) is 56.1 Å². The predicted octanol–water partition coefficient (Wildman–Crippen LogP) is 1.90. The number of imide groups is 1. The molecular weight excluding hydrogens is 400 g/mol. The van der Waals surface area contributed by atoms with Crippen molar-refractivity contribution in [2.75, 3.05) is 0 Å². The van der Waals surface area contributed by atoms with E-state index in [2.05, 4.69) is 5.32 Å². The number of aliphatic carboxylic acids is 2. The Morgan fingerprint density at radius 3 is 2.35 bits per heavy atom. The van der Waals surface area contributed by atoms with E-state index < -0.39 is 53.6 Å². The molecule has 4 unspecified atom stereocenters. The van der Waals surface area contributed by atoms with Crippen LogP contribution < -0.4 is 5.32 Å². The molecular formula is C23H26N2O6. The van der Waals surface area contributed by atoms with Crippen LogP contribution in [0.25, 0.3) is 6.08 Å². The number of nitrogens with one attached hydrogen (secondary N) is 1. The number of benzene rings is 1. The summed E-state index contributed by atoms with van der Waals surface area (Å²) in [6, 6.07) is 8.29. The maximum atomic E-state index is 13.4. The van der Waals surface area contributed by atoms with Gasteiger partial charge < -0.3 is 10.2 Å². The first-order chi connectivity index (χ1) is 14.8. The normalized spacial score (nSPS) is 31.4. The SMILES string of the molecule is O=C(O)CC1(C(=O)O)NC(/C=C/c2ccccc2)C2C(=O)N(C3CCCCC3)C(=O)C21. The number of carbonyl (C=O) groups is 4. The number of likely N-dealkylation sites (tertiary alicyclic amines) is 1. The molecule has 2 aliphatic heterocycles. The second-order valence-electron chi connectivity index (χ2n) is 8.63. The topological polar surface area (TPSA) is 124 Å². The van der Waals surface area contributed by atoms with Gasteiger partial charge in [-0.05, 0) is 18.4 Å². The molecule has 3 aliphatic rings. The van der Waals surface area contributed by atoms with Gasteiger partial charge >= 0.3 is 11.9 Å². The van der Waals surface area contributed by atoms with E-state index in [0.29, 0.717) is 12.8 Å². The van der Waals surface area contributed by atoms with Crippen LogP contribution in [0.1, 0.15) is 44.1 Å². The number of hydrogen-bond acceptors (Lipinski definition) is 5. The van der Waals surface area contributed by atoms with Gasteiger partial charge in [-0.25, -0.2) is 0 Å². The molecule has 4 atom stereocenters. The lowest BCUT2D eigenvalue weighted by Crippen LogP contribution is -2.58. The van der Waals surface area contributed by atoms with Crippen molar-refractivity contribution >= 4 is 29.8 Å². The van der Waals surface area contributed by atoms with Gasteiger partial charge in [0.05, 0.1) is 18.3 Å². The first kappa shape index (κ1) is 21.2. The average Bonchev–Trinajstić information content (AvgIpc) is 3.21. The van der Waals surface area contributed by atoms with Gasteiger partial charge in [0.25, 0.3) is 0 Å². The van der Waals surface area contributed by atoms with Gasteiger partial charge in [0.2, 0.25) is 11.8 Å². The Labute approximate surface area is 179 Å². The van der Waals surface area contributed by atoms with Crippen LogP contribution in [-0.2, 0) is 19.2 Å². The summed E-state index contributed by atoms with van der Waals surface area (Å²) in [6.45, 7) is 0. The molecule has 2 heterocycles. The lowest BCUT2D eigenvalue weighted by Gasteiger charge is -2.33. The third kappa shape index (κ3) is 3.65. The number of carboxylic acids is 2. The number of carboxylic acid groups (broad SMARTS) is 2. The summed E-state index contributed by atoms with van der Waals surface area (Å²) in [6.07, 6.45) is 6.92. The second-order valence-corrected chi connectivity index (χ2v) is 8.63. The Hall–Kier alpha value is -3.00. The second kappa shape index (κ2) is 8.26. The fraction of sp³-hybridized carbons (Fsp3) is 0.478. The van der Waals surface area contributed by atoms with Crippen molar-refractivity contribution in [2.24, 2.45) is 11.8 Å². The molecule has 8 heteroatoms. The fourth-order valence-electron chi connectivity index (χ4n) is 5.39. The number of rotatable bonds is 6. The van der Waals surface area contributed by atoms with Crippen LogP contribution in [0.2, 0.25) is 0 Å². The average molecular weight is 426 g/mol. The summed E-state index contributed by atoms with van der Waals surface area (Å²) >= 11 is 0. The maximum absolute atomic E-state index is 13.4. The highest BCUT2D eigenvalue weighted by Crippen LogP contribution is 2.46. The van der Waals surface area contributed by atoms with E-state index in [1.54, 1.807) is 12.2 Å². The van der Waals surface area contributed by atoms with Gasteiger partial charge in [-0.2, -0.15) is 0 Å². The zero-order chi connectivity index (χ0) is 22.2. The van der Waals surface area contributed by atoms with E-state index in [4.69, 9.17) is 0 Å². The van der Waals surface area contributed by atoms with Crippen LogP contribution in [0.15, 0.2) is 36.4 Å². The molecule has 0 radical (unpaired) electrons.